The number of hydrogen-bond donors (Lipinski definition) is 4. The number of carbonyl (C=O) groups excluding carboxylic acids is 2. The first-order valence-corrected chi connectivity index (χ1v) is 17.5. The normalized spacial score (nSPS) is 22.7. The SMILES string of the molecule is CC/C=C\C/C=C\C/C=C\C/C=C\C/C=C\C/C=C\CCC(=O)OC(COC(=O)CCCCCC)COC1OC(CO)C(O)C(O)C1O. The van der Waals surface area contributed by atoms with Gasteiger partial charge >= 0.3 is 11.9 Å². The second-order valence-electron chi connectivity index (χ2n) is 11.6. The summed E-state index contributed by atoms with van der Waals surface area (Å²) >= 11 is 0. The molecular weight excluding hydrogens is 616 g/mol. The number of unbranched alkanes of at least 4 members (excludes halogenated alkanes) is 3. The molecule has 1 aliphatic heterocycles. The van der Waals surface area contributed by atoms with E-state index in [4.69, 9.17) is 18.9 Å². The van der Waals surface area contributed by atoms with Crippen molar-refractivity contribution in [2.45, 2.75) is 134 Å². The van der Waals surface area contributed by atoms with Crippen molar-refractivity contribution in [2.75, 3.05) is 19.8 Å². The fraction of sp³-hybridized carbons (Fsp3) is 0.632. The minimum atomic E-state index is -1.61. The van der Waals surface area contributed by atoms with Crippen LogP contribution in [0, 0.1) is 0 Å². The van der Waals surface area contributed by atoms with E-state index >= 15 is 0 Å². The van der Waals surface area contributed by atoms with E-state index in [9.17, 15) is 30.0 Å². The highest BCUT2D eigenvalue weighted by molar-refractivity contribution is 5.70. The molecule has 0 aliphatic carbocycles. The summed E-state index contributed by atoms with van der Waals surface area (Å²) < 4.78 is 21.7. The van der Waals surface area contributed by atoms with Crippen LogP contribution in [0.2, 0.25) is 0 Å². The lowest BCUT2D eigenvalue weighted by Crippen LogP contribution is -2.59. The highest BCUT2D eigenvalue weighted by Gasteiger charge is 2.44. The van der Waals surface area contributed by atoms with E-state index in [1.165, 1.54) is 0 Å². The van der Waals surface area contributed by atoms with E-state index in [0.717, 1.165) is 57.8 Å². The molecule has 1 rings (SSSR count). The van der Waals surface area contributed by atoms with Gasteiger partial charge in [-0.05, 0) is 51.4 Å². The first-order chi connectivity index (χ1) is 23.3. The molecule has 0 aromatic rings. The van der Waals surface area contributed by atoms with Crippen molar-refractivity contribution in [3.8, 4) is 0 Å². The Morgan fingerprint density at radius 1 is 0.667 bits per heavy atom. The van der Waals surface area contributed by atoms with Crippen molar-refractivity contribution in [3.63, 3.8) is 0 Å². The van der Waals surface area contributed by atoms with E-state index in [0.29, 0.717) is 12.8 Å². The zero-order valence-electron chi connectivity index (χ0n) is 28.9. The predicted octanol–water partition coefficient (Wildman–Crippen LogP) is 5.71. The number of aliphatic hydroxyl groups is 4. The lowest BCUT2D eigenvalue weighted by molar-refractivity contribution is -0.305. The van der Waals surface area contributed by atoms with Gasteiger partial charge < -0.3 is 39.4 Å². The van der Waals surface area contributed by atoms with Crippen molar-refractivity contribution in [1.29, 1.82) is 0 Å². The maximum atomic E-state index is 12.6. The summed E-state index contributed by atoms with van der Waals surface area (Å²) in [5, 5.41) is 39.6. The summed E-state index contributed by atoms with van der Waals surface area (Å²) in [4.78, 5) is 24.8. The first kappa shape index (κ1) is 43.2. The monoisotopic (exact) mass is 676 g/mol. The minimum Gasteiger partial charge on any atom is -0.462 e. The number of hydrogen-bond acceptors (Lipinski definition) is 10. The summed E-state index contributed by atoms with van der Waals surface area (Å²) in [7, 11) is 0. The van der Waals surface area contributed by atoms with Crippen LogP contribution in [0.15, 0.2) is 72.9 Å². The van der Waals surface area contributed by atoms with Crippen molar-refractivity contribution >= 4 is 11.9 Å². The molecule has 4 N–H and O–H groups in total. The molecule has 0 radical (unpaired) electrons. The fourth-order valence-corrected chi connectivity index (χ4v) is 4.56. The van der Waals surface area contributed by atoms with Crippen LogP contribution in [0.25, 0.3) is 0 Å². The second kappa shape index (κ2) is 29.1. The highest BCUT2D eigenvalue weighted by atomic mass is 16.7. The van der Waals surface area contributed by atoms with Crippen LogP contribution in [-0.2, 0) is 28.5 Å². The third kappa shape index (κ3) is 21.2. The topological polar surface area (TPSA) is 152 Å². The average Bonchev–Trinajstić information content (AvgIpc) is 3.08. The van der Waals surface area contributed by atoms with Crippen LogP contribution >= 0.6 is 0 Å². The minimum absolute atomic E-state index is 0.101. The largest absolute Gasteiger partial charge is 0.462 e. The lowest BCUT2D eigenvalue weighted by Gasteiger charge is -2.39. The summed E-state index contributed by atoms with van der Waals surface area (Å²) in [5.41, 5.74) is 0. The van der Waals surface area contributed by atoms with Crippen molar-refractivity contribution in [1.82, 2.24) is 0 Å². The Kier molecular flexibility index (Phi) is 26.2. The smallest absolute Gasteiger partial charge is 0.306 e. The Bertz CT molecular complexity index is 1010. The van der Waals surface area contributed by atoms with Gasteiger partial charge in [0.05, 0.1) is 13.2 Å². The number of aliphatic hydroxyl groups excluding tert-OH is 4. The Labute approximate surface area is 287 Å². The van der Waals surface area contributed by atoms with Crippen LogP contribution < -0.4 is 0 Å². The van der Waals surface area contributed by atoms with Gasteiger partial charge in [0, 0.05) is 12.8 Å². The third-order valence-corrected chi connectivity index (χ3v) is 7.37. The van der Waals surface area contributed by atoms with Gasteiger partial charge in [0.1, 0.15) is 31.0 Å². The number of rotatable bonds is 26. The molecule has 6 atom stereocenters. The predicted molar refractivity (Wildman–Crippen MR) is 187 cm³/mol. The molecule has 0 spiro atoms. The Morgan fingerprint density at radius 3 is 1.77 bits per heavy atom. The molecule has 1 heterocycles. The molecule has 0 aromatic carbocycles. The van der Waals surface area contributed by atoms with Gasteiger partial charge in [-0.25, -0.2) is 0 Å². The maximum Gasteiger partial charge on any atom is 0.306 e. The first-order valence-electron chi connectivity index (χ1n) is 17.5. The molecule has 1 aliphatic rings. The second-order valence-corrected chi connectivity index (χ2v) is 11.6. The van der Waals surface area contributed by atoms with Gasteiger partial charge in [0.15, 0.2) is 12.4 Å². The van der Waals surface area contributed by atoms with Gasteiger partial charge in [-0.15, -0.1) is 0 Å². The van der Waals surface area contributed by atoms with Crippen molar-refractivity contribution in [3.05, 3.63) is 72.9 Å². The number of allylic oxidation sites excluding steroid dienone is 12. The molecule has 272 valence electrons. The van der Waals surface area contributed by atoms with Crippen LogP contribution in [0.5, 0.6) is 0 Å². The molecule has 0 amide bonds. The molecule has 48 heavy (non-hydrogen) atoms. The lowest BCUT2D eigenvalue weighted by atomic mass is 9.99. The van der Waals surface area contributed by atoms with Gasteiger partial charge in [0.2, 0.25) is 0 Å². The number of ether oxygens (including phenoxy) is 4. The van der Waals surface area contributed by atoms with Gasteiger partial charge in [-0.3, -0.25) is 9.59 Å². The van der Waals surface area contributed by atoms with Gasteiger partial charge in [-0.2, -0.15) is 0 Å². The molecule has 6 unspecified atom stereocenters. The molecule has 1 saturated heterocycles. The molecule has 1 fully saturated rings. The quantitative estimate of drug-likeness (QED) is 0.0510. The summed E-state index contributed by atoms with van der Waals surface area (Å²) in [5.74, 6) is -0.936. The van der Waals surface area contributed by atoms with E-state index in [1.54, 1.807) is 0 Å². The van der Waals surface area contributed by atoms with Gasteiger partial charge in [0.25, 0.3) is 0 Å². The van der Waals surface area contributed by atoms with Crippen molar-refractivity contribution < 1.29 is 49.0 Å². The zero-order valence-corrected chi connectivity index (χ0v) is 28.9. The van der Waals surface area contributed by atoms with E-state index < -0.39 is 55.4 Å². The van der Waals surface area contributed by atoms with Crippen LogP contribution in [0.4, 0.5) is 0 Å². The molecule has 10 nitrogen and oxygen atoms in total. The summed E-state index contributed by atoms with van der Waals surface area (Å²) in [6, 6.07) is 0. The Hall–Kier alpha value is -2.86. The third-order valence-electron chi connectivity index (χ3n) is 7.37. The van der Waals surface area contributed by atoms with Crippen LogP contribution in [-0.4, -0.2) is 89.0 Å². The maximum absolute atomic E-state index is 12.6. The van der Waals surface area contributed by atoms with Crippen LogP contribution in [0.3, 0.4) is 0 Å². The van der Waals surface area contributed by atoms with E-state index in [-0.39, 0.29) is 26.1 Å². The molecule has 0 bridgehead atoms. The molecule has 0 saturated carbocycles. The highest BCUT2D eigenvalue weighted by Crippen LogP contribution is 2.22. The number of esters is 2. The van der Waals surface area contributed by atoms with E-state index in [1.807, 2.05) is 12.2 Å². The summed E-state index contributed by atoms with van der Waals surface area (Å²) in [6.45, 7) is 3.04. The zero-order chi connectivity index (χ0) is 35.2. The molecule has 0 aromatic heterocycles. The van der Waals surface area contributed by atoms with Crippen molar-refractivity contribution in [2.24, 2.45) is 0 Å². The Balaban J connectivity index is 2.42. The Morgan fingerprint density at radius 2 is 1.23 bits per heavy atom. The molecular formula is C38H60O10. The van der Waals surface area contributed by atoms with E-state index in [2.05, 4.69) is 74.6 Å². The average molecular weight is 677 g/mol. The fourth-order valence-electron chi connectivity index (χ4n) is 4.56. The van der Waals surface area contributed by atoms with Gasteiger partial charge in [-0.1, -0.05) is 106 Å². The summed E-state index contributed by atoms with van der Waals surface area (Å²) in [6.07, 6.45) is 27.1. The number of carbonyl (C=O) groups is 2. The standard InChI is InChI=1S/C38H60O10/c1-3-5-7-9-10-11-12-13-14-15-16-17-18-19-20-21-22-23-25-27-34(41)47-31(29-45-33(40)26-24-8-6-4-2)30-46-38-37(44)36(43)35(42)32(28-39)48-38/h5,7,10-11,13-14,16-17,19-20,22-23,31-32,35-39,42-44H,3-4,6,8-9,12,15,18,21,24-30H2,1-2H3/b7-5-,11-10-,14-13-,17-16-,20-19-,23-22-. The van der Waals surface area contributed by atoms with Crippen LogP contribution in [0.1, 0.15) is 97.3 Å². The molecule has 10 heteroatoms.